The third kappa shape index (κ3) is 4.13. The summed E-state index contributed by atoms with van der Waals surface area (Å²) in [5.41, 5.74) is -0.594. The minimum absolute atomic E-state index is 0.00231. The van der Waals surface area contributed by atoms with E-state index < -0.39 is 33.2 Å². The van der Waals surface area contributed by atoms with E-state index in [0.717, 1.165) is 6.07 Å². The number of aromatic nitrogens is 1. The Morgan fingerprint density at radius 2 is 2.15 bits per heavy atom. The van der Waals surface area contributed by atoms with Gasteiger partial charge in [-0.15, -0.1) is 6.58 Å². The third-order valence-corrected chi connectivity index (χ3v) is 7.63. The van der Waals surface area contributed by atoms with Gasteiger partial charge < -0.3 is 19.4 Å². The fraction of sp³-hybridized carbons (Fsp3) is 0.364. The number of nitrogens with zero attached hydrogens (tertiary/aromatic N) is 2. The summed E-state index contributed by atoms with van der Waals surface area (Å²) in [7, 11) is -2.48. The SMILES string of the molecule is C=CC1([C@@H]2COc3c(cn(C)c3C(=O)Nc3ccc(F)c(C#N)c3)S(=O)(=O)N2)CCOCC1. The molecule has 2 N–H and O–H groups in total. The average molecular weight is 475 g/mol. The highest BCUT2D eigenvalue weighted by atomic mass is 32.2. The van der Waals surface area contributed by atoms with Crippen molar-refractivity contribution in [2.24, 2.45) is 12.5 Å². The van der Waals surface area contributed by atoms with Crippen molar-refractivity contribution in [1.82, 2.24) is 9.29 Å². The Hall–Kier alpha value is -3.20. The van der Waals surface area contributed by atoms with E-state index >= 15 is 0 Å². The van der Waals surface area contributed by atoms with Crippen molar-refractivity contribution in [1.29, 1.82) is 5.26 Å². The molecule has 1 atom stereocenters. The highest BCUT2D eigenvalue weighted by Gasteiger charge is 2.44. The quantitative estimate of drug-likeness (QED) is 0.656. The van der Waals surface area contributed by atoms with Crippen LogP contribution in [0.15, 0.2) is 41.9 Å². The normalized spacial score (nSPS) is 21.1. The van der Waals surface area contributed by atoms with E-state index in [1.165, 1.54) is 29.9 Å². The number of carbonyl (C=O) groups excluding carboxylic acids is 1. The minimum atomic E-state index is -4.01. The monoisotopic (exact) mass is 474 g/mol. The molecule has 1 aromatic heterocycles. The molecule has 1 fully saturated rings. The van der Waals surface area contributed by atoms with Gasteiger partial charge in [-0.1, -0.05) is 6.08 Å². The molecule has 0 aliphatic carbocycles. The number of ether oxygens (including phenoxy) is 2. The number of hydrogen-bond donors (Lipinski definition) is 2. The lowest BCUT2D eigenvalue weighted by atomic mass is 9.74. The van der Waals surface area contributed by atoms with Crippen LogP contribution in [0.25, 0.3) is 0 Å². The van der Waals surface area contributed by atoms with Gasteiger partial charge in [0.15, 0.2) is 11.4 Å². The highest BCUT2D eigenvalue weighted by Crippen LogP contribution is 2.40. The first-order valence-corrected chi connectivity index (χ1v) is 11.8. The fourth-order valence-corrected chi connectivity index (χ4v) is 5.73. The maximum absolute atomic E-state index is 13.6. The predicted molar refractivity (Wildman–Crippen MR) is 117 cm³/mol. The second kappa shape index (κ2) is 8.62. The van der Waals surface area contributed by atoms with E-state index in [9.17, 15) is 17.6 Å². The molecule has 33 heavy (non-hydrogen) atoms. The molecule has 174 valence electrons. The number of nitriles is 1. The highest BCUT2D eigenvalue weighted by molar-refractivity contribution is 7.89. The van der Waals surface area contributed by atoms with Crippen molar-refractivity contribution in [2.75, 3.05) is 25.1 Å². The Balaban J connectivity index is 1.67. The zero-order valence-electron chi connectivity index (χ0n) is 17.9. The molecular formula is C22H23FN4O5S. The van der Waals surface area contributed by atoms with Gasteiger partial charge in [-0.2, -0.15) is 5.26 Å². The van der Waals surface area contributed by atoms with Crippen LogP contribution in [-0.4, -0.2) is 44.8 Å². The lowest BCUT2D eigenvalue weighted by Gasteiger charge is -2.40. The van der Waals surface area contributed by atoms with Crippen LogP contribution in [0.2, 0.25) is 0 Å². The second-order valence-corrected chi connectivity index (χ2v) is 9.76. The number of rotatable bonds is 4. The van der Waals surface area contributed by atoms with Gasteiger partial charge in [-0.25, -0.2) is 17.5 Å². The van der Waals surface area contributed by atoms with E-state index in [0.29, 0.717) is 26.1 Å². The summed E-state index contributed by atoms with van der Waals surface area (Å²) in [4.78, 5) is 12.9. The van der Waals surface area contributed by atoms with Crippen LogP contribution < -0.4 is 14.8 Å². The average Bonchev–Trinajstić information content (AvgIpc) is 3.08. The first-order valence-electron chi connectivity index (χ1n) is 10.3. The number of halogens is 1. The lowest BCUT2D eigenvalue weighted by Crippen LogP contribution is -2.51. The molecule has 1 amide bonds. The standard InChI is InChI=1S/C22H23FN4O5S/c1-3-22(6-8-31-9-7-22)18-13-32-20-17(33(29,30)26-18)12-27(2)19(20)21(28)25-15-4-5-16(23)14(10-15)11-24/h3-5,10,12,18,26H,1,6-9,13H2,2H3,(H,25,28)/t18-/m0/s1. The molecular weight excluding hydrogens is 451 g/mol. The summed E-state index contributed by atoms with van der Waals surface area (Å²) in [5.74, 6) is -1.44. The second-order valence-electron chi connectivity index (χ2n) is 8.08. The smallest absolute Gasteiger partial charge is 0.276 e. The van der Waals surface area contributed by atoms with Crippen LogP contribution in [-0.2, 0) is 21.8 Å². The van der Waals surface area contributed by atoms with Gasteiger partial charge >= 0.3 is 0 Å². The van der Waals surface area contributed by atoms with Crippen molar-refractivity contribution >= 4 is 21.6 Å². The van der Waals surface area contributed by atoms with Crippen molar-refractivity contribution in [3.63, 3.8) is 0 Å². The number of nitrogens with one attached hydrogen (secondary N) is 2. The minimum Gasteiger partial charge on any atom is -0.488 e. The number of benzene rings is 1. The number of carbonyl (C=O) groups is 1. The Morgan fingerprint density at radius 3 is 2.82 bits per heavy atom. The summed E-state index contributed by atoms with van der Waals surface area (Å²) in [6, 6.07) is 4.69. The molecule has 2 aliphatic rings. The Kier molecular flexibility index (Phi) is 6.00. The molecule has 1 aromatic carbocycles. The van der Waals surface area contributed by atoms with Gasteiger partial charge in [-0.05, 0) is 31.0 Å². The summed E-state index contributed by atoms with van der Waals surface area (Å²) in [5, 5.41) is 11.6. The lowest BCUT2D eigenvalue weighted by molar-refractivity contribution is 0.0155. The van der Waals surface area contributed by atoms with Gasteiger partial charge in [0.2, 0.25) is 10.0 Å². The van der Waals surface area contributed by atoms with E-state index in [4.69, 9.17) is 14.7 Å². The zero-order valence-corrected chi connectivity index (χ0v) is 18.7. The van der Waals surface area contributed by atoms with Gasteiger partial charge in [0.1, 0.15) is 23.4 Å². The van der Waals surface area contributed by atoms with Gasteiger partial charge in [-0.3, -0.25) is 4.79 Å². The van der Waals surface area contributed by atoms with Crippen LogP contribution >= 0.6 is 0 Å². The maximum Gasteiger partial charge on any atom is 0.276 e. The number of fused-ring (bicyclic) bond motifs is 1. The molecule has 1 saturated heterocycles. The zero-order chi connectivity index (χ0) is 23.8. The molecule has 3 heterocycles. The molecule has 0 spiro atoms. The molecule has 0 unspecified atom stereocenters. The molecule has 0 saturated carbocycles. The van der Waals surface area contributed by atoms with Crippen LogP contribution in [0.5, 0.6) is 5.75 Å². The first kappa shape index (κ1) is 23.0. The number of aryl methyl sites for hydroxylation is 1. The van der Waals surface area contributed by atoms with Gasteiger partial charge in [0.25, 0.3) is 5.91 Å². The molecule has 0 bridgehead atoms. The number of anilines is 1. The van der Waals surface area contributed by atoms with Crippen molar-refractivity contribution in [2.45, 2.75) is 23.8 Å². The van der Waals surface area contributed by atoms with Gasteiger partial charge in [0.05, 0.1) is 11.6 Å². The summed E-state index contributed by atoms with van der Waals surface area (Å²) < 4.78 is 55.4. The molecule has 9 nitrogen and oxygen atoms in total. The van der Waals surface area contributed by atoms with Crippen LogP contribution in [0.4, 0.5) is 10.1 Å². The van der Waals surface area contributed by atoms with E-state index in [2.05, 4.69) is 16.6 Å². The third-order valence-electron chi connectivity index (χ3n) is 6.17. The Morgan fingerprint density at radius 1 is 1.42 bits per heavy atom. The van der Waals surface area contributed by atoms with Crippen molar-refractivity contribution < 1.29 is 27.1 Å². The van der Waals surface area contributed by atoms with Crippen LogP contribution in [0, 0.1) is 22.6 Å². The Labute approximate surface area is 190 Å². The largest absolute Gasteiger partial charge is 0.488 e. The van der Waals surface area contributed by atoms with Crippen molar-refractivity contribution in [3.05, 3.63) is 54.1 Å². The predicted octanol–water partition coefficient (Wildman–Crippen LogP) is 2.31. The van der Waals surface area contributed by atoms with Gasteiger partial charge in [0, 0.05) is 37.6 Å². The van der Waals surface area contributed by atoms with E-state index in [1.54, 1.807) is 12.1 Å². The number of amides is 1. The number of sulfonamides is 1. The van der Waals surface area contributed by atoms with E-state index in [1.807, 2.05) is 0 Å². The van der Waals surface area contributed by atoms with Crippen LogP contribution in [0.1, 0.15) is 28.9 Å². The van der Waals surface area contributed by atoms with Crippen LogP contribution in [0.3, 0.4) is 0 Å². The molecule has 0 radical (unpaired) electrons. The molecule has 2 aliphatic heterocycles. The summed E-state index contributed by atoms with van der Waals surface area (Å²) >= 11 is 0. The summed E-state index contributed by atoms with van der Waals surface area (Å²) in [6.45, 7) is 4.87. The maximum atomic E-state index is 13.6. The topological polar surface area (TPSA) is 122 Å². The fourth-order valence-electron chi connectivity index (χ4n) is 4.23. The Bertz CT molecular complexity index is 1260. The summed E-state index contributed by atoms with van der Waals surface area (Å²) in [6.07, 6.45) is 4.23. The number of hydrogen-bond acceptors (Lipinski definition) is 6. The molecule has 11 heteroatoms. The first-order chi connectivity index (χ1) is 15.7. The van der Waals surface area contributed by atoms with E-state index in [-0.39, 0.29) is 34.2 Å². The van der Waals surface area contributed by atoms with Crippen molar-refractivity contribution in [3.8, 4) is 11.8 Å². The molecule has 4 rings (SSSR count). The molecule has 2 aromatic rings.